The van der Waals surface area contributed by atoms with Gasteiger partial charge in [0.1, 0.15) is 0 Å². The number of nitrogens with zero attached hydrogens (tertiary/aromatic N) is 3. The van der Waals surface area contributed by atoms with E-state index in [9.17, 15) is 0 Å². The van der Waals surface area contributed by atoms with Crippen molar-refractivity contribution in [2.24, 2.45) is 0 Å². The van der Waals surface area contributed by atoms with Gasteiger partial charge in [0.2, 0.25) is 0 Å². The summed E-state index contributed by atoms with van der Waals surface area (Å²) in [5, 5.41) is 5.76. The van der Waals surface area contributed by atoms with E-state index in [1.165, 1.54) is 16.7 Å². The van der Waals surface area contributed by atoms with Crippen LogP contribution in [-0.2, 0) is 6.54 Å². The third-order valence-electron chi connectivity index (χ3n) is 4.53. The lowest BCUT2D eigenvalue weighted by atomic mass is 9.84. The summed E-state index contributed by atoms with van der Waals surface area (Å²) in [6, 6.07) is 14.3. The maximum atomic E-state index is 6.45. The summed E-state index contributed by atoms with van der Waals surface area (Å²) >= 11 is 12.7. The van der Waals surface area contributed by atoms with Gasteiger partial charge < -0.3 is 4.90 Å². The van der Waals surface area contributed by atoms with E-state index in [-0.39, 0.29) is 5.92 Å². The minimum Gasteiger partial charge on any atom is -0.301 e. The summed E-state index contributed by atoms with van der Waals surface area (Å²) in [4.78, 5) is 2.30. The second kappa shape index (κ2) is 6.25. The number of fused-ring (bicyclic) bond motifs is 1. The molecule has 1 aliphatic rings. The van der Waals surface area contributed by atoms with Crippen molar-refractivity contribution in [1.82, 2.24) is 14.7 Å². The molecule has 0 bridgehead atoms. The van der Waals surface area contributed by atoms with Gasteiger partial charge in [-0.05, 0) is 54.1 Å². The molecule has 4 rings (SSSR count). The largest absolute Gasteiger partial charge is 0.301 e. The van der Waals surface area contributed by atoms with Crippen LogP contribution in [-0.4, -0.2) is 28.3 Å². The Kier molecular flexibility index (Phi) is 4.09. The van der Waals surface area contributed by atoms with Gasteiger partial charge in [0.15, 0.2) is 0 Å². The number of halogens is 2. The lowest BCUT2D eigenvalue weighted by Crippen LogP contribution is -2.31. The highest BCUT2D eigenvalue weighted by Gasteiger charge is 2.27. The molecule has 5 heteroatoms. The van der Waals surface area contributed by atoms with Crippen LogP contribution in [0.1, 0.15) is 22.6 Å². The van der Waals surface area contributed by atoms with Crippen LogP contribution in [0.2, 0.25) is 10.0 Å². The summed E-state index contributed by atoms with van der Waals surface area (Å²) in [6.07, 6.45) is 3.74. The molecule has 0 saturated heterocycles. The van der Waals surface area contributed by atoms with E-state index in [1.54, 1.807) is 6.20 Å². The molecule has 0 aliphatic carbocycles. The standard InChI is InChI=1S/C19H17Cl2N3/c1-23-11-17(16-9-14(20)10-19(21)18(16)12-23)13-4-2-5-15(8-13)24-7-3-6-22-24/h2-10,17H,11-12H2,1H3. The SMILES string of the molecule is CN1Cc2c(Cl)cc(Cl)cc2C(c2cccc(-n3cccn3)c2)C1. The van der Waals surface area contributed by atoms with Gasteiger partial charge in [0.05, 0.1) is 5.69 Å². The van der Waals surface area contributed by atoms with E-state index in [0.717, 1.165) is 23.8 Å². The number of hydrogen-bond donors (Lipinski definition) is 0. The highest BCUT2D eigenvalue weighted by Crippen LogP contribution is 2.38. The monoisotopic (exact) mass is 357 g/mol. The fourth-order valence-electron chi connectivity index (χ4n) is 3.44. The van der Waals surface area contributed by atoms with E-state index in [0.29, 0.717) is 5.02 Å². The van der Waals surface area contributed by atoms with Crippen LogP contribution in [0.15, 0.2) is 54.9 Å². The van der Waals surface area contributed by atoms with E-state index < -0.39 is 0 Å². The van der Waals surface area contributed by atoms with Crippen LogP contribution in [0, 0.1) is 0 Å². The molecule has 0 amide bonds. The van der Waals surface area contributed by atoms with Gasteiger partial charge in [-0.25, -0.2) is 4.68 Å². The molecule has 0 N–H and O–H groups in total. The molecule has 24 heavy (non-hydrogen) atoms. The summed E-state index contributed by atoms with van der Waals surface area (Å²) in [7, 11) is 2.12. The van der Waals surface area contributed by atoms with E-state index in [4.69, 9.17) is 23.2 Å². The van der Waals surface area contributed by atoms with Crippen molar-refractivity contribution < 1.29 is 0 Å². The van der Waals surface area contributed by atoms with E-state index >= 15 is 0 Å². The van der Waals surface area contributed by atoms with E-state index in [1.807, 2.05) is 23.0 Å². The molecule has 1 atom stereocenters. The Morgan fingerprint density at radius 1 is 1.12 bits per heavy atom. The molecule has 0 fully saturated rings. The number of rotatable bonds is 2. The van der Waals surface area contributed by atoms with Crippen molar-refractivity contribution in [3.05, 3.63) is 81.6 Å². The quantitative estimate of drug-likeness (QED) is 0.659. The van der Waals surface area contributed by atoms with Gasteiger partial charge in [-0.2, -0.15) is 5.10 Å². The van der Waals surface area contributed by atoms with Crippen LogP contribution >= 0.6 is 23.2 Å². The van der Waals surface area contributed by atoms with Crippen LogP contribution < -0.4 is 0 Å². The van der Waals surface area contributed by atoms with Crippen molar-refractivity contribution in [3.8, 4) is 5.69 Å². The Balaban J connectivity index is 1.82. The minimum absolute atomic E-state index is 0.241. The van der Waals surface area contributed by atoms with Crippen LogP contribution in [0.5, 0.6) is 0 Å². The topological polar surface area (TPSA) is 21.1 Å². The molecule has 3 nitrogen and oxygen atoms in total. The molecule has 122 valence electrons. The number of aromatic nitrogens is 2. The first-order valence-electron chi connectivity index (χ1n) is 7.88. The van der Waals surface area contributed by atoms with Crippen LogP contribution in [0.4, 0.5) is 0 Å². The second-order valence-corrected chi connectivity index (χ2v) is 7.09. The normalized spacial score (nSPS) is 17.7. The third-order valence-corrected chi connectivity index (χ3v) is 5.09. The van der Waals surface area contributed by atoms with Crippen molar-refractivity contribution in [2.45, 2.75) is 12.5 Å². The average Bonchev–Trinajstić information content (AvgIpc) is 3.10. The first-order chi connectivity index (χ1) is 11.6. The predicted octanol–water partition coefficient (Wildman–Crippen LogP) is 4.76. The molecule has 3 aromatic rings. The zero-order chi connectivity index (χ0) is 16.7. The van der Waals surface area contributed by atoms with Crippen molar-refractivity contribution in [1.29, 1.82) is 0 Å². The van der Waals surface area contributed by atoms with Crippen molar-refractivity contribution >= 4 is 23.2 Å². The number of likely N-dealkylation sites (N-methyl/N-ethyl adjacent to an activating group) is 1. The first-order valence-corrected chi connectivity index (χ1v) is 8.64. The molecule has 1 unspecified atom stereocenters. The zero-order valence-corrected chi connectivity index (χ0v) is 14.8. The number of benzene rings is 2. The van der Waals surface area contributed by atoms with Gasteiger partial charge in [0, 0.05) is 41.4 Å². The molecular weight excluding hydrogens is 341 g/mol. The van der Waals surface area contributed by atoms with Crippen LogP contribution in [0.3, 0.4) is 0 Å². The maximum absolute atomic E-state index is 6.45. The molecule has 1 aliphatic heterocycles. The molecule has 0 spiro atoms. The maximum Gasteiger partial charge on any atom is 0.0648 e. The highest BCUT2D eigenvalue weighted by molar-refractivity contribution is 6.35. The lowest BCUT2D eigenvalue weighted by Gasteiger charge is -2.33. The molecular formula is C19H17Cl2N3. The fourth-order valence-corrected chi connectivity index (χ4v) is 4.01. The Hall–Kier alpha value is -1.81. The molecule has 2 aromatic carbocycles. The molecule has 2 heterocycles. The predicted molar refractivity (Wildman–Crippen MR) is 98.2 cm³/mol. The van der Waals surface area contributed by atoms with Gasteiger partial charge in [-0.15, -0.1) is 0 Å². The summed E-state index contributed by atoms with van der Waals surface area (Å²) in [5.74, 6) is 0.241. The lowest BCUT2D eigenvalue weighted by molar-refractivity contribution is 0.295. The summed E-state index contributed by atoms with van der Waals surface area (Å²) in [6.45, 7) is 1.78. The Bertz CT molecular complexity index is 874. The molecule has 0 radical (unpaired) electrons. The summed E-state index contributed by atoms with van der Waals surface area (Å²) in [5.41, 5.74) is 4.70. The van der Waals surface area contributed by atoms with Gasteiger partial charge in [0.25, 0.3) is 0 Å². The van der Waals surface area contributed by atoms with Crippen LogP contribution in [0.25, 0.3) is 5.69 Å². The minimum atomic E-state index is 0.241. The van der Waals surface area contributed by atoms with Gasteiger partial charge >= 0.3 is 0 Å². The Labute approximate surface area is 151 Å². The summed E-state index contributed by atoms with van der Waals surface area (Å²) < 4.78 is 1.88. The Morgan fingerprint density at radius 2 is 2.00 bits per heavy atom. The van der Waals surface area contributed by atoms with Gasteiger partial charge in [-0.1, -0.05) is 35.3 Å². The van der Waals surface area contributed by atoms with Gasteiger partial charge in [-0.3, -0.25) is 0 Å². The second-order valence-electron chi connectivity index (χ2n) is 6.25. The first kappa shape index (κ1) is 15.7. The third kappa shape index (κ3) is 2.84. The zero-order valence-electron chi connectivity index (χ0n) is 13.3. The number of hydrogen-bond acceptors (Lipinski definition) is 2. The molecule has 1 aromatic heterocycles. The smallest absolute Gasteiger partial charge is 0.0648 e. The highest BCUT2D eigenvalue weighted by atomic mass is 35.5. The van der Waals surface area contributed by atoms with E-state index in [2.05, 4.69) is 47.4 Å². The Morgan fingerprint density at radius 3 is 2.79 bits per heavy atom. The average molecular weight is 358 g/mol. The van der Waals surface area contributed by atoms with Crippen molar-refractivity contribution in [3.63, 3.8) is 0 Å². The molecule has 0 saturated carbocycles. The fraction of sp³-hybridized carbons (Fsp3) is 0.211. The van der Waals surface area contributed by atoms with Crippen molar-refractivity contribution in [2.75, 3.05) is 13.6 Å².